The summed E-state index contributed by atoms with van der Waals surface area (Å²) in [5.74, 6) is 0.557. The zero-order chi connectivity index (χ0) is 20.8. The highest BCUT2D eigenvalue weighted by Crippen LogP contribution is 2.26. The zero-order valence-corrected chi connectivity index (χ0v) is 17.5. The summed E-state index contributed by atoms with van der Waals surface area (Å²) in [6, 6.07) is 13.2. The first kappa shape index (κ1) is 21.1. The second kappa shape index (κ2) is 9.76. The number of benzene rings is 2. The fourth-order valence-electron chi connectivity index (χ4n) is 2.68. The molecule has 1 N–H and O–H groups in total. The van der Waals surface area contributed by atoms with Crippen LogP contribution in [0.3, 0.4) is 0 Å². The number of ether oxygens (including phenoxy) is 1. The number of carbonyl (C=O) groups excluding carboxylic acids is 1. The first-order valence-corrected chi connectivity index (χ1v) is 10.4. The van der Waals surface area contributed by atoms with Crippen molar-refractivity contribution < 1.29 is 13.9 Å². The number of aromatic nitrogens is 3. The highest BCUT2D eigenvalue weighted by Gasteiger charge is 2.19. The van der Waals surface area contributed by atoms with E-state index in [4.69, 9.17) is 16.3 Å². The molecule has 1 aromatic heterocycles. The van der Waals surface area contributed by atoms with Crippen LogP contribution in [0.4, 0.5) is 10.1 Å². The Morgan fingerprint density at radius 2 is 2.07 bits per heavy atom. The number of hydrogen-bond acceptors (Lipinski definition) is 5. The Kier molecular flexibility index (Phi) is 7.11. The smallest absolute Gasteiger partial charge is 0.234 e. The highest BCUT2D eigenvalue weighted by molar-refractivity contribution is 7.99. The Hall–Kier alpha value is -2.58. The normalized spacial score (nSPS) is 11.9. The number of hydrogen-bond donors (Lipinski definition) is 1. The van der Waals surface area contributed by atoms with Crippen molar-refractivity contribution in [3.05, 3.63) is 65.2 Å². The van der Waals surface area contributed by atoms with Gasteiger partial charge in [-0.25, -0.2) is 4.39 Å². The van der Waals surface area contributed by atoms with Crippen molar-refractivity contribution in [2.75, 3.05) is 11.1 Å². The molecule has 1 amide bonds. The summed E-state index contributed by atoms with van der Waals surface area (Å²) >= 11 is 7.23. The molecule has 3 rings (SSSR count). The van der Waals surface area contributed by atoms with Crippen molar-refractivity contribution in [3.63, 3.8) is 0 Å². The third-order valence-electron chi connectivity index (χ3n) is 4.01. The molecule has 0 radical (unpaired) electrons. The number of thioether (sulfide) groups is 1. The number of rotatable bonds is 8. The van der Waals surface area contributed by atoms with Gasteiger partial charge in [-0.2, -0.15) is 0 Å². The van der Waals surface area contributed by atoms with Crippen LogP contribution in [0.2, 0.25) is 5.02 Å². The number of anilines is 1. The van der Waals surface area contributed by atoms with Crippen LogP contribution in [-0.2, 0) is 11.3 Å². The molecule has 0 spiro atoms. The Balaban J connectivity index is 1.64. The van der Waals surface area contributed by atoms with Gasteiger partial charge in [0.1, 0.15) is 11.6 Å². The van der Waals surface area contributed by atoms with Crippen molar-refractivity contribution in [1.82, 2.24) is 14.8 Å². The number of para-hydroxylation sites is 1. The van der Waals surface area contributed by atoms with E-state index >= 15 is 0 Å². The molecule has 152 valence electrons. The molecule has 0 saturated carbocycles. The molecule has 29 heavy (non-hydrogen) atoms. The third-order valence-corrected chi connectivity index (χ3v) is 5.22. The van der Waals surface area contributed by atoms with Crippen LogP contribution in [-0.4, -0.2) is 26.4 Å². The number of nitrogens with zero attached hydrogens (tertiary/aromatic N) is 3. The quantitative estimate of drug-likeness (QED) is 0.507. The Bertz CT molecular complexity index is 998. The van der Waals surface area contributed by atoms with E-state index in [0.717, 1.165) is 0 Å². The molecule has 9 heteroatoms. The van der Waals surface area contributed by atoms with Gasteiger partial charge in [0, 0.05) is 11.6 Å². The standard InChI is InChI=1S/C20H20ClFN4O2S/c1-3-26-19(13(2)28-15-8-6-7-14(21)11-15)24-25-20(26)29-12-18(27)23-17-10-5-4-9-16(17)22/h4-11,13H,3,12H2,1-2H3,(H,23,27). The SMILES string of the molecule is CCn1c(SCC(=O)Nc2ccccc2F)nnc1C(C)Oc1cccc(Cl)c1. The second-order valence-corrected chi connectivity index (χ2v) is 7.50. The molecule has 0 aliphatic carbocycles. The van der Waals surface area contributed by atoms with Gasteiger partial charge >= 0.3 is 0 Å². The van der Waals surface area contributed by atoms with Gasteiger partial charge in [0.05, 0.1) is 11.4 Å². The molecule has 2 aromatic carbocycles. The molecule has 3 aromatic rings. The molecule has 0 bridgehead atoms. The summed E-state index contributed by atoms with van der Waals surface area (Å²) in [6.07, 6.45) is -0.359. The lowest BCUT2D eigenvalue weighted by atomic mass is 10.3. The van der Waals surface area contributed by atoms with E-state index in [-0.39, 0.29) is 23.5 Å². The Labute approximate surface area is 177 Å². The molecule has 0 aliphatic rings. The molecule has 6 nitrogen and oxygen atoms in total. The monoisotopic (exact) mass is 434 g/mol. The summed E-state index contributed by atoms with van der Waals surface area (Å²) in [6.45, 7) is 4.45. The van der Waals surface area contributed by atoms with Crippen LogP contribution < -0.4 is 10.1 Å². The molecule has 0 saturated heterocycles. The second-order valence-electron chi connectivity index (χ2n) is 6.12. The van der Waals surface area contributed by atoms with E-state index in [1.54, 1.807) is 24.3 Å². The number of amides is 1. The van der Waals surface area contributed by atoms with Crippen LogP contribution in [0.15, 0.2) is 53.7 Å². The van der Waals surface area contributed by atoms with Gasteiger partial charge in [0.15, 0.2) is 17.1 Å². The number of carbonyl (C=O) groups is 1. The van der Waals surface area contributed by atoms with E-state index in [1.807, 2.05) is 30.5 Å². The summed E-state index contributed by atoms with van der Waals surface area (Å²) in [5.41, 5.74) is 0.152. The lowest BCUT2D eigenvalue weighted by Crippen LogP contribution is -2.16. The van der Waals surface area contributed by atoms with Gasteiger partial charge in [-0.1, -0.05) is 41.6 Å². The van der Waals surface area contributed by atoms with Gasteiger partial charge in [-0.05, 0) is 44.2 Å². The number of nitrogens with one attached hydrogen (secondary N) is 1. The zero-order valence-electron chi connectivity index (χ0n) is 15.9. The van der Waals surface area contributed by atoms with Gasteiger partial charge in [-0.3, -0.25) is 4.79 Å². The molecule has 1 unspecified atom stereocenters. The fourth-order valence-corrected chi connectivity index (χ4v) is 3.67. The summed E-state index contributed by atoms with van der Waals surface area (Å²) < 4.78 is 21.5. The molecule has 0 aliphatic heterocycles. The van der Waals surface area contributed by atoms with E-state index in [1.165, 1.54) is 23.9 Å². The van der Waals surface area contributed by atoms with Crippen molar-refractivity contribution in [3.8, 4) is 5.75 Å². The third kappa shape index (κ3) is 5.48. The van der Waals surface area contributed by atoms with Crippen molar-refractivity contribution in [2.24, 2.45) is 0 Å². The first-order valence-electron chi connectivity index (χ1n) is 9.00. The molecule has 0 fully saturated rings. The summed E-state index contributed by atoms with van der Waals surface area (Å²) in [4.78, 5) is 12.2. The van der Waals surface area contributed by atoms with Crippen LogP contribution >= 0.6 is 23.4 Å². The van der Waals surface area contributed by atoms with Crippen LogP contribution in [0.25, 0.3) is 0 Å². The lowest BCUT2D eigenvalue weighted by molar-refractivity contribution is -0.113. The van der Waals surface area contributed by atoms with E-state index < -0.39 is 5.82 Å². The maximum atomic E-state index is 13.7. The maximum absolute atomic E-state index is 13.7. The van der Waals surface area contributed by atoms with Gasteiger partial charge in [0.2, 0.25) is 5.91 Å². The Morgan fingerprint density at radius 1 is 1.28 bits per heavy atom. The fraction of sp³-hybridized carbons (Fsp3) is 0.250. The lowest BCUT2D eigenvalue weighted by Gasteiger charge is -2.15. The van der Waals surface area contributed by atoms with Crippen LogP contribution in [0.5, 0.6) is 5.75 Å². The van der Waals surface area contributed by atoms with Crippen LogP contribution in [0.1, 0.15) is 25.8 Å². The first-order chi connectivity index (χ1) is 14.0. The molecular formula is C20H20ClFN4O2S. The molecule has 1 heterocycles. The van der Waals surface area contributed by atoms with Gasteiger partial charge in [-0.15, -0.1) is 10.2 Å². The highest BCUT2D eigenvalue weighted by atomic mass is 35.5. The summed E-state index contributed by atoms with van der Waals surface area (Å²) in [7, 11) is 0. The number of halogens is 2. The van der Waals surface area contributed by atoms with Crippen molar-refractivity contribution in [2.45, 2.75) is 31.7 Å². The van der Waals surface area contributed by atoms with Crippen molar-refractivity contribution in [1.29, 1.82) is 0 Å². The van der Waals surface area contributed by atoms with E-state index in [9.17, 15) is 9.18 Å². The average molecular weight is 435 g/mol. The minimum absolute atomic E-state index is 0.0794. The van der Waals surface area contributed by atoms with Crippen LogP contribution in [0, 0.1) is 5.82 Å². The maximum Gasteiger partial charge on any atom is 0.234 e. The minimum atomic E-state index is -0.475. The predicted molar refractivity (Wildman–Crippen MR) is 112 cm³/mol. The van der Waals surface area contributed by atoms with E-state index in [0.29, 0.717) is 28.3 Å². The van der Waals surface area contributed by atoms with E-state index in [2.05, 4.69) is 15.5 Å². The summed E-state index contributed by atoms with van der Waals surface area (Å²) in [5, 5.41) is 12.1. The molecular weight excluding hydrogens is 415 g/mol. The largest absolute Gasteiger partial charge is 0.483 e. The average Bonchev–Trinajstić information content (AvgIpc) is 3.11. The van der Waals surface area contributed by atoms with Gasteiger partial charge < -0.3 is 14.6 Å². The topological polar surface area (TPSA) is 69.0 Å². The van der Waals surface area contributed by atoms with Crippen molar-refractivity contribution >= 4 is 35.0 Å². The minimum Gasteiger partial charge on any atom is -0.483 e. The Morgan fingerprint density at radius 3 is 2.79 bits per heavy atom. The van der Waals surface area contributed by atoms with Gasteiger partial charge in [0.25, 0.3) is 0 Å². The molecule has 1 atom stereocenters. The predicted octanol–water partition coefficient (Wildman–Crippen LogP) is 4.96.